The van der Waals surface area contributed by atoms with Crippen molar-refractivity contribution in [2.75, 3.05) is 17.7 Å². The molecule has 0 atom stereocenters. The van der Waals surface area contributed by atoms with Crippen LogP contribution in [0.3, 0.4) is 0 Å². The number of aryl methyl sites for hydroxylation is 2. The Morgan fingerprint density at radius 2 is 2.07 bits per heavy atom. The van der Waals surface area contributed by atoms with Gasteiger partial charge in [0, 0.05) is 11.1 Å². The quantitative estimate of drug-likeness (QED) is 0.510. The van der Waals surface area contributed by atoms with Crippen LogP contribution in [-0.4, -0.2) is 34.2 Å². The van der Waals surface area contributed by atoms with Crippen LogP contribution < -0.4 is 5.32 Å². The lowest BCUT2D eigenvalue weighted by Gasteiger charge is -2.15. The van der Waals surface area contributed by atoms with Crippen LogP contribution in [0.4, 0.5) is 5.13 Å². The molecule has 0 bridgehead atoms. The third kappa shape index (κ3) is 6.28. The Kier molecular flexibility index (Phi) is 8.22. The van der Waals surface area contributed by atoms with E-state index in [1.165, 1.54) is 35.9 Å². The summed E-state index contributed by atoms with van der Waals surface area (Å²) in [5.74, 6) is -0.438. The van der Waals surface area contributed by atoms with Gasteiger partial charge in [-0.2, -0.15) is 5.26 Å². The van der Waals surface area contributed by atoms with Crippen LogP contribution in [0.1, 0.15) is 55.1 Å². The van der Waals surface area contributed by atoms with Crippen molar-refractivity contribution < 1.29 is 14.3 Å². The average molecular weight is 445 g/mol. The van der Waals surface area contributed by atoms with Crippen LogP contribution in [0.5, 0.6) is 0 Å². The predicted molar refractivity (Wildman–Crippen MR) is 117 cm³/mol. The maximum absolute atomic E-state index is 12.3. The van der Waals surface area contributed by atoms with Gasteiger partial charge in [-0.3, -0.25) is 9.59 Å². The van der Waals surface area contributed by atoms with Crippen molar-refractivity contribution in [3.63, 3.8) is 0 Å². The van der Waals surface area contributed by atoms with Gasteiger partial charge in [-0.1, -0.05) is 24.6 Å². The summed E-state index contributed by atoms with van der Waals surface area (Å²) in [6.07, 6.45) is 6.62. The smallest absolute Gasteiger partial charge is 0.311 e. The third-order valence-electron chi connectivity index (χ3n) is 4.66. The Bertz CT molecular complexity index is 952. The molecule has 2 aromatic rings. The number of thioether (sulfide) groups is 1. The second kappa shape index (κ2) is 11.1. The average Bonchev–Trinajstić information content (AvgIpc) is 3.13. The summed E-state index contributed by atoms with van der Waals surface area (Å²) >= 11 is 2.53. The van der Waals surface area contributed by atoms with E-state index in [1.807, 2.05) is 6.07 Å². The number of pyridine rings is 1. The van der Waals surface area contributed by atoms with Crippen LogP contribution >= 0.6 is 23.1 Å². The Balaban J connectivity index is 1.59. The van der Waals surface area contributed by atoms with E-state index in [4.69, 9.17) is 9.72 Å². The second-order valence-corrected chi connectivity index (χ2v) is 8.76. The summed E-state index contributed by atoms with van der Waals surface area (Å²) in [6.45, 7) is 2.07. The fourth-order valence-electron chi connectivity index (χ4n) is 3.25. The number of nitriles is 1. The number of amides is 1. The molecule has 0 aromatic carbocycles. The van der Waals surface area contributed by atoms with Crippen LogP contribution in [-0.2, 0) is 33.6 Å². The zero-order chi connectivity index (χ0) is 21.3. The first-order valence-electron chi connectivity index (χ1n) is 10.0. The van der Waals surface area contributed by atoms with E-state index in [0.29, 0.717) is 28.0 Å². The summed E-state index contributed by atoms with van der Waals surface area (Å²) in [7, 11) is 0. The van der Waals surface area contributed by atoms with E-state index >= 15 is 0 Å². The summed E-state index contributed by atoms with van der Waals surface area (Å²) in [5.41, 5.74) is 3.31. The topological polar surface area (TPSA) is 105 Å². The molecule has 0 saturated heterocycles. The molecule has 3 rings (SSSR count). The fourth-order valence-corrected chi connectivity index (χ4v) is 4.75. The van der Waals surface area contributed by atoms with Crippen molar-refractivity contribution in [3.8, 4) is 6.07 Å². The Morgan fingerprint density at radius 1 is 1.27 bits per heavy atom. The SMILES string of the molecule is CCOC(=O)Cc1csc(NC(=O)CSc2nc3c(cc2C#N)CCCCCC3)n1. The number of carbonyl (C=O) groups excluding carboxylic acids is 2. The first-order chi connectivity index (χ1) is 14.6. The maximum atomic E-state index is 12.3. The third-order valence-corrected chi connectivity index (χ3v) is 6.45. The lowest BCUT2D eigenvalue weighted by atomic mass is 9.96. The van der Waals surface area contributed by atoms with Crippen LogP contribution in [0.15, 0.2) is 16.5 Å². The van der Waals surface area contributed by atoms with Crippen molar-refractivity contribution in [3.05, 3.63) is 34.0 Å². The molecule has 0 radical (unpaired) electrons. The summed E-state index contributed by atoms with van der Waals surface area (Å²) in [4.78, 5) is 32.8. The minimum absolute atomic E-state index is 0.0829. The minimum Gasteiger partial charge on any atom is -0.466 e. The number of fused-ring (bicyclic) bond motifs is 1. The van der Waals surface area contributed by atoms with Crippen molar-refractivity contribution >= 4 is 40.1 Å². The van der Waals surface area contributed by atoms with Gasteiger partial charge in [0.25, 0.3) is 0 Å². The number of aromatic nitrogens is 2. The number of ether oxygens (including phenoxy) is 1. The van der Waals surface area contributed by atoms with Crippen LogP contribution in [0.2, 0.25) is 0 Å². The summed E-state index contributed by atoms with van der Waals surface area (Å²) in [6, 6.07) is 4.16. The number of thiazole rings is 1. The lowest BCUT2D eigenvalue weighted by molar-refractivity contribution is -0.142. The molecule has 7 nitrogen and oxygen atoms in total. The summed E-state index contributed by atoms with van der Waals surface area (Å²) in [5, 5.41) is 15.0. The van der Waals surface area contributed by atoms with Gasteiger partial charge in [0.2, 0.25) is 5.91 Å². The van der Waals surface area contributed by atoms with Gasteiger partial charge >= 0.3 is 5.97 Å². The lowest BCUT2D eigenvalue weighted by Crippen LogP contribution is -2.15. The maximum Gasteiger partial charge on any atom is 0.311 e. The van der Waals surface area contributed by atoms with Crippen LogP contribution in [0.25, 0.3) is 0 Å². The highest BCUT2D eigenvalue weighted by molar-refractivity contribution is 8.00. The molecule has 1 aliphatic carbocycles. The Morgan fingerprint density at radius 3 is 2.83 bits per heavy atom. The molecular formula is C21H24N4O3S2. The van der Waals surface area contributed by atoms with E-state index in [9.17, 15) is 14.9 Å². The van der Waals surface area contributed by atoms with Gasteiger partial charge in [0.1, 0.15) is 11.1 Å². The van der Waals surface area contributed by atoms with Crippen molar-refractivity contribution in [2.45, 2.75) is 56.9 Å². The van der Waals surface area contributed by atoms with E-state index in [1.54, 1.807) is 12.3 Å². The number of nitrogens with zero attached hydrogens (tertiary/aromatic N) is 3. The normalized spacial score (nSPS) is 13.5. The number of rotatable bonds is 7. The number of anilines is 1. The Labute approximate surface area is 184 Å². The molecule has 2 heterocycles. The summed E-state index contributed by atoms with van der Waals surface area (Å²) < 4.78 is 4.90. The molecule has 2 aromatic heterocycles. The number of nitrogens with one attached hydrogen (secondary N) is 1. The van der Waals surface area contributed by atoms with E-state index in [0.717, 1.165) is 36.9 Å². The molecular weight excluding hydrogens is 420 g/mol. The van der Waals surface area contributed by atoms with E-state index in [2.05, 4.69) is 16.4 Å². The molecule has 0 unspecified atom stereocenters. The number of hydrogen-bond donors (Lipinski definition) is 1. The second-order valence-electron chi connectivity index (χ2n) is 6.94. The minimum atomic E-state index is -0.342. The molecule has 0 fully saturated rings. The molecule has 1 amide bonds. The van der Waals surface area contributed by atoms with Crippen molar-refractivity contribution in [2.24, 2.45) is 0 Å². The van der Waals surface area contributed by atoms with Crippen molar-refractivity contribution in [1.82, 2.24) is 9.97 Å². The van der Waals surface area contributed by atoms with Gasteiger partial charge < -0.3 is 10.1 Å². The van der Waals surface area contributed by atoms with Gasteiger partial charge in [-0.15, -0.1) is 11.3 Å². The first-order valence-corrected chi connectivity index (χ1v) is 11.9. The molecule has 1 aliphatic rings. The molecule has 30 heavy (non-hydrogen) atoms. The van der Waals surface area contributed by atoms with Crippen LogP contribution in [0, 0.1) is 11.3 Å². The number of esters is 1. The molecule has 0 saturated carbocycles. The zero-order valence-electron chi connectivity index (χ0n) is 16.9. The molecule has 1 N–H and O–H groups in total. The Hall–Kier alpha value is -2.44. The highest BCUT2D eigenvalue weighted by Gasteiger charge is 2.16. The highest BCUT2D eigenvalue weighted by atomic mass is 32.2. The molecule has 0 aliphatic heterocycles. The predicted octanol–water partition coefficient (Wildman–Crippen LogP) is 3.91. The zero-order valence-corrected chi connectivity index (χ0v) is 18.5. The number of hydrogen-bond acceptors (Lipinski definition) is 8. The first kappa shape index (κ1) is 22.2. The van der Waals surface area contributed by atoms with Gasteiger partial charge in [-0.05, 0) is 44.2 Å². The largest absolute Gasteiger partial charge is 0.466 e. The highest BCUT2D eigenvalue weighted by Crippen LogP contribution is 2.27. The standard InChI is InChI=1S/C21H24N4O3S2/c1-2-28-19(27)10-16-12-30-21(23-16)25-18(26)13-29-20-15(11-22)9-14-7-5-3-4-6-8-17(14)24-20/h9,12H,2-8,10,13H2,1H3,(H,23,25,26). The molecule has 158 valence electrons. The molecule has 0 spiro atoms. The van der Waals surface area contributed by atoms with E-state index < -0.39 is 0 Å². The fraction of sp³-hybridized carbons (Fsp3) is 0.476. The monoisotopic (exact) mass is 444 g/mol. The van der Waals surface area contributed by atoms with Gasteiger partial charge in [0.15, 0.2) is 5.13 Å². The van der Waals surface area contributed by atoms with Crippen molar-refractivity contribution in [1.29, 1.82) is 5.26 Å². The van der Waals surface area contributed by atoms with Gasteiger partial charge in [0.05, 0.1) is 30.0 Å². The van der Waals surface area contributed by atoms with Gasteiger partial charge in [-0.25, -0.2) is 9.97 Å². The number of carbonyl (C=O) groups is 2. The van der Waals surface area contributed by atoms with E-state index in [-0.39, 0.29) is 24.1 Å². The molecule has 9 heteroatoms.